The summed E-state index contributed by atoms with van der Waals surface area (Å²) in [7, 11) is -2.02. The van der Waals surface area contributed by atoms with Crippen LogP contribution in [0.15, 0.2) is 10.8 Å². The number of aryl methyl sites for hydroxylation is 1. The van der Waals surface area contributed by atoms with Crippen LogP contribution in [0.3, 0.4) is 0 Å². The Kier molecular flexibility index (Phi) is 8.82. The van der Waals surface area contributed by atoms with E-state index in [1.54, 1.807) is 0 Å². The van der Waals surface area contributed by atoms with Crippen LogP contribution in [-0.4, -0.2) is 50.2 Å². The maximum atomic E-state index is 6.27. The summed E-state index contributed by atoms with van der Waals surface area (Å²) >= 11 is 6.27. The van der Waals surface area contributed by atoms with Crippen LogP contribution in [0.1, 0.15) is 121 Å². The van der Waals surface area contributed by atoms with E-state index >= 15 is 0 Å². The van der Waals surface area contributed by atoms with Gasteiger partial charge in [-0.05, 0) is 58.4 Å². The molecule has 3 heterocycles. The zero-order chi connectivity index (χ0) is 24.3. The Labute approximate surface area is 215 Å². The van der Waals surface area contributed by atoms with Crippen LogP contribution in [0.4, 0.5) is 0 Å². The molecule has 0 spiro atoms. The minimum Gasteiger partial charge on any atom is -0.345 e. The molecule has 2 aliphatic heterocycles. The average molecular weight is 505 g/mol. The standard InChI is InChI=1S/C28H49N4PS/c1-23-22-26(24(2)32(23)25-16-10-11-17-25)27(34)29-33(28(3,4)5,30-18-12-6-7-13-19-30)31-20-14-8-9-15-21-31/h22,25H,6-21H2,1-5H3. The van der Waals surface area contributed by atoms with E-state index in [-0.39, 0.29) is 5.16 Å². The first-order valence-electron chi connectivity index (χ1n) is 14.1. The van der Waals surface area contributed by atoms with E-state index < -0.39 is 7.36 Å². The highest BCUT2D eigenvalue weighted by molar-refractivity contribution is 7.81. The first-order chi connectivity index (χ1) is 16.3. The van der Waals surface area contributed by atoms with Crippen LogP contribution >= 0.6 is 19.6 Å². The van der Waals surface area contributed by atoms with Crippen LogP contribution in [0.5, 0.6) is 0 Å². The summed E-state index contributed by atoms with van der Waals surface area (Å²) in [6.07, 6.45) is 15.9. The molecule has 1 aromatic rings. The summed E-state index contributed by atoms with van der Waals surface area (Å²) in [5, 5.41) is 0.0721. The lowest BCUT2D eigenvalue weighted by Crippen LogP contribution is -2.42. The quantitative estimate of drug-likeness (QED) is 0.303. The van der Waals surface area contributed by atoms with E-state index in [4.69, 9.17) is 17.0 Å². The SMILES string of the molecule is Cc1cc(C(=S)N=P(N2CCCCCC2)(N2CCCCCC2)C(C)(C)C)c(C)n1C1CCCC1. The molecule has 4 nitrogen and oxygen atoms in total. The molecule has 0 aromatic carbocycles. The fourth-order valence-corrected chi connectivity index (χ4v) is 12.1. The van der Waals surface area contributed by atoms with Gasteiger partial charge in [0.25, 0.3) is 0 Å². The first-order valence-corrected chi connectivity index (χ1v) is 16.2. The monoisotopic (exact) mass is 504 g/mol. The number of rotatable bonds is 4. The van der Waals surface area contributed by atoms with Gasteiger partial charge in [-0.3, -0.25) is 9.34 Å². The fraction of sp³-hybridized carbons (Fsp3) is 0.821. The molecule has 4 rings (SSSR count). The van der Waals surface area contributed by atoms with Crippen LogP contribution in [0.25, 0.3) is 0 Å². The molecule has 1 aliphatic carbocycles. The molecule has 0 amide bonds. The molecule has 192 valence electrons. The molecule has 1 aromatic heterocycles. The second-order valence-corrected chi connectivity index (χ2v) is 16.2. The summed E-state index contributed by atoms with van der Waals surface area (Å²) in [5.41, 5.74) is 3.93. The Morgan fingerprint density at radius 1 is 0.824 bits per heavy atom. The Morgan fingerprint density at radius 3 is 1.74 bits per heavy atom. The number of aromatic nitrogens is 1. The highest BCUT2D eigenvalue weighted by Crippen LogP contribution is 2.67. The normalized spacial score (nSPS) is 22.5. The number of nitrogens with zero attached hydrogens (tertiary/aromatic N) is 4. The molecular weight excluding hydrogens is 455 g/mol. The second-order valence-electron chi connectivity index (χ2n) is 12.0. The summed E-state index contributed by atoms with van der Waals surface area (Å²) in [6.45, 7) is 16.6. The molecule has 6 heteroatoms. The molecule has 0 unspecified atom stereocenters. The molecule has 1 saturated carbocycles. The molecule has 3 fully saturated rings. The smallest absolute Gasteiger partial charge is 0.136 e. The highest BCUT2D eigenvalue weighted by atomic mass is 32.1. The van der Waals surface area contributed by atoms with E-state index in [9.17, 15) is 0 Å². The summed E-state index contributed by atoms with van der Waals surface area (Å²) in [5.74, 6) is 0. The van der Waals surface area contributed by atoms with Crippen molar-refractivity contribution in [1.29, 1.82) is 0 Å². The van der Waals surface area contributed by atoms with Crippen molar-refractivity contribution in [3.63, 3.8) is 0 Å². The van der Waals surface area contributed by atoms with Gasteiger partial charge in [-0.1, -0.05) is 71.5 Å². The van der Waals surface area contributed by atoms with E-state index in [0.717, 1.165) is 4.99 Å². The lowest BCUT2D eigenvalue weighted by molar-refractivity contribution is 0.368. The largest absolute Gasteiger partial charge is 0.345 e. The van der Waals surface area contributed by atoms with Crippen molar-refractivity contribution >= 4 is 24.6 Å². The molecule has 0 atom stereocenters. The summed E-state index contributed by atoms with van der Waals surface area (Å²) in [4.78, 5) is 0.870. The van der Waals surface area contributed by atoms with Gasteiger partial charge >= 0.3 is 0 Å². The number of hydrogen-bond acceptors (Lipinski definition) is 1. The van der Waals surface area contributed by atoms with Crippen molar-refractivity contribution in [3.8, 4) is 0 Å². The van der Waals surface area contributed by atoms with Crippen LogP contribution in [-0.2, 0) is 0 Å². The van der Waals surface area contributed by atoms with Gasteiger partial charge < -0.3 is 4.57 Å². The van der Waals surface area contributed by atoms with Crippen LogP contribution < -0.4 is 0 Å². The minimum atomic E-state index is -2.02. The van der Waals surface area contributed by atoms with E-state index in [1.165, 1.54) is 120 Å². The Hall–Kier alpha value is -0.480. The van der Waals surface area contributed by atoms with Crippen molar-refractivity contribution in [2.24, 2.45) is 4.74 Å². The van der Waals surface area contributed by atoms with Gasteiger partial charge in [-0.25, -0.2) is 4.74 Å². The van der Waals surface area contributed by atoms with E-state index in [0.29, 0.717) is 6.04 Å². The van der Waals surface area contributed by atoms with Gasteiger partial charge in [0.05, 0.1) is 0 Å². The van der Waals surface area contributed by atoms with Crippen molar-refractivity contribution < 1.29 is 0 Å². The molecular formula is C28H49N4PS. The van der Waals surface area contributed by atoms with Crippen molar-refractivity contribution in [2.75, 3.05) is 26.2 Å². The van der Waals surface area contributed by atoms with Crippen molar-refractivity contribution in [2.45, 2.75) is 123 Å². The fourth-order valence-electron chi connectivity index (χ4n) is 6.87. The van der Waals surface area contributed by atoms with Gasteiger partial charge in [0.2, 0.25) is 0 Å². The Morgan fingerprint density at radius 2 is 1.29 bits per heavy atom. The molecule has 0 N–H and O–H groups in total. The zero-order valence-corrected chi connectivity index (χ0v) is 24.3. The third-order valence-electron chi connectivity index (χ3n) is 8.49. The molecule has 3 aliphatic rings. The maximum absolute atomic E-state index is 6.27. The predicted octanol–water partition coefficient (Wildman–Crippen LogP) is 8.48. The lowest BCUT2D eigenvalue weighted by atomic mass is 10.2. The maximum Gasteiger partial charge on any atom is 0.136 e. The minimum absolute atomic E-state index is 0.0721. The average Bonchev–Trinajstić information content (AvgIpc) is 3.17. The molecule has 0 radical (unpaired) electrons. The highest BCUT2D eigenvalue weighted by Gasteiger charge is 2.45. The third-order valence-corrected chi connectivity index (χ3v) is 13.6. The van der Waals surface area contributed by atoms with Crippen molar-refractivity contribution in [1.82, 2.24) is 13.9 Å². The number of hydrogen-bond donors (Lipinski definition) is 0. The topological polar surface area (TPSA) is 23.8 Å². The van der Waals surface area contributed by atoms with E-state index in [2.05, 4.69) is 54.6 Å². The van der Waals surface area contributed by atoms with Crippen LogP contribution in [0, 0.1) is 13.8 Å². The predicted molar refractivity (Wildman–Crippen MR) is 152 cm³/mol. The molecule has 34 heavy (non-hydrogen) atoms. The summed E-state index contributed by atoms with van der Waals surface area (Å²) < 4.78 is 14.1. The van der Waals surface area contributed by atoms with E-state index in [1.807, 2.05) is 0 Å². The first kappa shape index (κ1) is 26.6. The lowest BCUT2D eigenvalue weighted by Gasteiger charge is -2.51. The molecule has 2 saturated heterocycles. The van der Waals surface area contributed by atoms with Gasteiger partial charge in [-0.2, -0.15) is 0 Å². The molecule has 0 bridgehead atoms. The van der Waals surface area contributed by atoms with Crippen LogP contribution in [0.2, 0.25) is 0 Å². The third kappa shape index (κ3) is 5.29. The summed E-state index contributed by atoms with van der Waals surface area (Å²) in [6, 6.07) is 3.00. The van der Waals surface area contributed by atoms with Gasteiger partial charge in [0, 0.05) is 54.3 Å². The van der Waals surface area contributed by atoms with Gasteiger partial charge in [0.15, 0.2) is 0 Å². The van der Waals surface area contributed by atoms with Gasteiger partial charge in [-0.15, -0.1) is 0 Å². The van der Waals surface area contributed by atoms with Gasteiger partial charge in [0.1, 0.15) is 12.3 Å². The Balaban J connectivity index is 1.83. The second kappa shape index (κ2) is 11.3. The zero-order valence-electron chi connectivity index (χ0n) is 22.6. The Bertz CT molecular complexity index is 866. The van der Waals surface area contributed by atoms with Crippen molar-refractivity contribution in [3.05, 3.63) is 23.0 Å². The number of thiocarbonyl (C=S) groups is 1.